The third kappa shape index (κ3) is 31.4. The van der Waals surface area contributed by atoms with E-state index in [0.29, 0.717) is 6.42 Å². The van der Waals surface area contributed by atoms with Crippen LogP contribution in [-0.2, 0) is 28.5 Å². The van der Waals surface area contributed by atoms with Gasteiger partial charge in [0.1, 0.15) is 31.0 Å². The summed E-state index contributed by atoms with van der Waals surface area (Å²) < 4.78 is 22.2. The van der Waals surface area contributed by atoms with Gasteiger partial charge in [0, 0.05) is 12.8 Å². The van der Waals surface area contributed by atoms with E-state index < -0.39 is 49.4 Å². The molecule has 0 aromatic heterocycles. The first-order valence-electron chi connectivity index (χ1n) is 24.1. The van der Waals surface area contributed by atoms with Gasteiger partial charge in [0.2, 0.25) is 0 Å². The maximum absolute atomic E-state index is 12.8. The number of carbonyl (C=O) groups excluding carboxylic acids is 2. The van der Waals surface area contributed by atoms with E-state index >= 15 is 0 Å². The Morgan fingerprint density at radius 2 is 1.00 bits per heavy atom. The highest BCUT2D eigenvalue weighted by Gasteiger charge is 2.44. The summed E-state index contributed by atoms with van der Waals surface area (Å²) in [6.45, 7) is 3.31. The number of esters is 2. The van der Waals surface area contributed by atoms with Gasteiger partial charge in [0.25, 0.3) is 0 Å². The number of ether oxygens (including phenoxy) is 4. The van der Waals surface area contributed by atoms with Crippen molar-refractivity contribution < 1.29 is 49.0 Å². The standard InChI is InChI=1S/C49H88O10/c1-3-5-7-9-11-13-15-17-19-20-21-22-24-25-27-29-31-33-35-37-44(51)56-40-42(41-57-49-48(55)47(54)46(53)43(39-50)59-49)58-45(52)38-36-34-32-30-28-26-23-18-16-14-12-10-8-6-4-2/h6,8,12,14,18,23,42-43,46-50,53-55H,3-5,7,9-11,13,15-17,19-22,24-41H2,1-2H3/b8-6+,14-12+,23-18+/t42-,43-,46+,47?,48?,49-/m0/s1. The van der Waals surface area contributed by atoms with Crippen LogP contribution in [0, 0.1) is 0 Å². The minimum atomic E-state index is -1.60. The van der Waals surface area contributed by atoms with Crippen LogP contribution >= 0.6 is 0 Å². The predicted molar refractivity (Wildman–Crippen MR) is 238 cm³/mol. The summed E-state index contributed by atoms with van der Waals surface area (Å²) >= 11 is 0. The zero-order chi connectivity index (χ0) is 43.0. The quantitative estimate of drug-likeness (QED) is 0.0267. The van der Waals surface area contributed by atoms with Crippen LogP contribution in [0.4, 0.5) is 0 Å². The van der Waals surface area contributed by atoms with Crippen molar-refractivity contribution in [3.05, 3.63) is 36.5 Å². The maximum Gasteiger partial charge on any atom is 0.306 e. The Morgan fingerprint density at radius 1 is 0.542 bits per heavy atom. The molecule has 0 radical (unpaired) electrons. The fourth-order valence-corrected chi connectivity index (χ4v) is 7.26. The molecule has 1 aliphatic heterocycles. The lowest BCUT2D eigenvalue weighted by Gasteiger charge is -2.39. The van der Waals surface area contributed by atoms with E-state index in [1.165, 1.54) is 103 Å². The van der Waals surface area contributed by atoms with Crippen molar-refractivity contribution in [3.63, 3.8) is 0 Å². The summed E-state index contributed by atoms with van der Waals surface area (Å²) in [5.41, 5.74) is 0. The molecule has 1 aliphatic rings. The van der Waals surface area contributed by atoms with Gasteiger partial charge in [0.15, 0.2) is 12.4 Å². The molecule has 6 atom stereocenters. The molecule has 1 fully saturated rings. The molecule has 1 saturated heterocycles. The fraction of sp³-hybridized carbons (Fsp3) is 0.837. The van der Waals surface area contributed by atoms with Gasteiger partial charge in [0.05, 0.1) is 13.2 Å². The first kappa shape index (κ1) is 54.9. The van der Waals surface area contributed by atoms with Crippen molar-refractivity contribution in [2.24, 2.45) is 0 Å². The zero-order valence-corrected chi connectivity index (χ0v) is 37.5. The largest absolute Gasteiger partial charge is 0.462 e. The number of allylic oxidation sites excluding steroid dienone is 6. The molecule has 59 heavy (non-hydrogen) atoms. The van der Waals surface area contributed by atoms with E-state index in [9.17, 15) is 30.0 Å². The molecule has 0 aromatic carbocycles. The highest BCUT2D eigenvalue weighted by Crippen LogP contribution is 2.23. The number of unbranched alkanes of at least 4 members (excludes halogenated alkanes) is 23. The SMILES string of the molecule is CC/C=C/C/C=C/C/C=C/CCCCCCCC(=O)O[C@@H](COC(=O)CCCCCCCCCCCCCCCCCCCCC)CO[C@H]1O[C@@H](CO)[C@@H](O)C(O)C1O. The molecule has 0 bridgehead atoms. The highest BCUT2D eigenvalue weighted by molar-refractivity contribution is 5.70. The van der Waals surface area contributed by atoms with Gasteiger partial charge in [-0.05, 0) is 44.9 Å². The third-order valence-electron chi connectivity index (χ3n) is 11.0. The maximum atomic E-state index is 12.8. The summed E-state index contributed by atoms with van der Waals surface area (Å²) in [6, 6.07) is 0. The van der Waals surface area contributed by atoms with Crippen LogP contribution in [-0.4, -0.2) is 89.0 Å². The Balaban J connectivity index is 2.28. The van der Waals surface area contributed by atoms with E-state index in [4.69, 9.17) is 18.9 Å². The van der Waals surface area contributed by atoms with Gasteiger partial charge in [-0.15, -0.1) is 0 Å². The summed E-state index contributed by atoms with van der Waals surface area (Å²) in [5, 5.41) is 40.1. The topological polar surface area (TPSA) is 152 Å². The summed E-state index contributed by atoms with van der Waals surface area (Å²) in [5.74, 6) is -0.819. The monoisotopic (exact) mass is 837 g/mol. The number of hydrogen-bond acceptors (Lipinski definition) is 10. The Morgan fingerprint density at radius 3 is 1.51 bits per heavy atom. The van der Waals surface area contributed by atoms with Crippen molar-refractivity contribution in [1.82, 2.24) is 0 Å². The molecule has 344 valence electrons. The van der Waals surface area contributed by atoms with E-state index in [1.54, 1.807) is 0 Å². The van der Waals surface area contributed by atoms with Crippen LogP contribution in [0.25, 0.3) is 0 Å². The molecule has 10 heteroatoms. The first-order chi connectivity index (χ1) is 28.8. The molecular formula is C49H88O10. The minimum absolute atomic E-state index is 0.212. The lowest BCUT2D eigenvalue weighted by atomic mass is 9.99. The van der Waals surface area contributed by atoms with Crippen molar-refractivity contribution in [1.29, 1.82) is 0 Å². The van der Waals surface area contributed by atoms with Gasteiger partial charge in [-0.2, -0.15) is 0 Å². The second-order valence-electron chi connectivity index (χ2n) is 16.5. The second kappa shape index (κ2) is 40.0. The Bertz CT molecular complexity index is 1060. The van der Waals surface area contributed by atoms with Crippen LogP contribution < -0.4 is 0 Å². The van der Waals surface area contributed by atoms with Crippen LogP contribution in [0.3, 0.4) is 0 Å². The Kier molecular flexibility index (Phi) is 37.3. The van der Waals surface area contributed by atoms with Gasteiger partial charge < -0.3 is 39.4 Å². The fourth-order valence-electron chi connectivity index (χ4n) is 7.26. The molecule has 0 aromatic rings. The van der Waals surface area contributed by atoms with E-state index in [1.807, 2.05) is 0 Å². The molecule has 2 unspecified atom stereocenters. The molecule has 1 heterocycles. The van der Waals surface area contributed by atoms with Gasteiger partial charge in [-0.3, -0.25) is 9.59 Å². The highest BCUT2D eigenvalue weighted by atomic mass is 16.7. The van der Waals surface area contributed by atoms with Gasteiger partial charge >= 0.3 is 11.9 Å². The summed E-state index contributed by atoms with van der Waals surface area (Å²) in [7, 11) is 0. The molecule has 10 nitrogen and oxygen atoms in total. The second-order valence-corrected chi connectivity index (χ2v) is 16.5. The summed E-state index contributed by atoms with van der Waals surface area (Å²) in [4.78, 5) is 25.4. The number of aliphatic hydroxyl groups excluding tert-OH is 4. The molecular weight excluding hydrogens is 749 g/mol. The van der Waals surface area contributed by atoms with E-state index in [2.05, 4.69) is 50.3 Å². The van der Waals surface area contributed by atoms with Crippen LogP contribution in [0.2, 0.25) is 0 Å². The Labute approximate surface area is 359 Å². The molecule has 0 spiro atoms. The molecule has 4 N–H and O–H groups in total. The third-order valence-corrected chi connectivity index (χ3v) is 11.0. The Hall–Kier alpha value is -2.08. The summed E-state index contributed by atoms with van der Waals surface area (Å²) in [6.07, 6.45) is 38.7. The molecule has 0 aliphatic carbocycles. The van der Waals surface area contributed by atoms with E-state index in [0.717, 1.165) is 70.6 Å². The lowest BCUT2D eigenvalue weighted by molar-refractivity contribution is -0.305. The average Bonchev–Trinajstić information content (AvgIpc) is 3.23. The van der Waals surface area contributed by atoms with E-state index in [-0.39, 0.29) is 32.0 Å². The lowest BCUT2D eigenvalue weighted by Crippen LogP contribution is -2.59. The molecule has 0 amide bonds. The normalized spacial score (nSPS) is 20.3. The van der Waals surface area contributed by atoms with Crippen molar-refractivity contribution >= 4 is 11.9 Å². The van der Waals surface area contributed by atoms with Crippen molar-refractivity contribution in [3.8, 4) is 0 Å². The molecule has 0 saturated carbocycles. The first-order valence-corrected chi connectivity index (χ1v) is 24.1. The number of rotatable bonds is 40. The molecule has 1 rings (SSSR count). The predicted octanol–water partition coefficient (Wildman–Crippen LogP) is 10.7. The number of aliphatic hydroxyl groups is 4. The minimum Gasteiger partial charge on any atom is -0.462 e. The van der Waals surface area contributed by atoms with Crippen molar-refractivity contribution in [2.75, 3.05) is 19.8 Å². The van der Waals surface area contributed by atoms with Crippen LogP contribution in [0.1, 0.15) is 206 Å². The average molecular weight is 837 g/mol. The number of hydrogen-bond donors (Lipinski definition) is 4. The zero-order valence-electron chi connectivity index (χ0n) is 37.5. The smallest absolute Gasteiger partial charge is 0.306 e. The van der Waals surface area contributed by atoms with Crippen LogP contribution in [0.5, 0.6) is 0 Å². The van der Waals surface area contributed by atoms with Crippen molar-refractivity contribution in [2.45, 2.75) is 243 Å². The number of carbonyl (C=O) groups is 2. The van der Waals surface area contributed by atoms with Crippen LogP contribution in [0.15, 0.2) is 36.5 Å². The van der Waals surface area contributed by atoms with Gasteiger partial charge in [-0.25, -0.2) is 0 Å². The van der Waals surface area contributed by atoms with Gasteiger partial charge in [-0.1, -0.05) is 185 Å².